The molecule has 6 heteroatoms. The van der Waals surface area contributed by atoms with Crippen LogP contribution in [0, 0.1) is 0 Å². The Kier molecular flexibility index (Phi) is 6.45. The van der Waals surface area contributed by atoms with Crippen molar-refractivity contribution in [2.75, 3.05) is 0 Å². The van der Waals surface area contributed by atoms with Crippen molar-refractivity contribution in [2.24, 2.45) is 5.10 Å². The van der Waals surface area contributed by atoms with Crippen LogP contribution in [0.2, 0.25) is 0 Å². The fraction of sp³-hybridized carbons (Fsp3) is 0.0909. The average molecular weight is 439 g/mol. The maximum Gasteiger partial charge on any atom is 0.280 e. The highest BCUT2D eigenvalue weighted by Gasteiger charge is 2.14. The summed E-state index contributed by atoms with van der Waals surface area (Å²) in [5.74, 6) is 0.276. The molecule has 142 valence electrons. The van der Waals surface area contributed by atoms with E-state index in [-0.39, 0.29) is 5.75 Å². The maximum absolute atomic E-state index is 12.2. The Balaban J connectivity index is 1.56. The van der Waals surface area contributed by atoms with Gasteiger partial charge in [0.25, 0.3) is 5.91 Å². The second-order valence-electron chi connectivity index (χ2n) is 6.09. The number of carbonyl (C=O) groups excluding carboxylic acids is 1. The molecule has 1 unspecified atom stereocenters. The van der Waals surface area contributed by atoms with E-state index in [1.165, 1.54) is 12.3 Å². The molecule has 0 aliphatic heterocycles. The molecule has 0 heterocycles. The summed E-state index contributed by atoms with van der Waals surface area (Å²) in [4.78, 5) is 12.2. The number of aromatic hydroxyl groups is 1. The number of hydrogen-bond donors (Lipinski definition) is 2. The lowest BCUT2D eigenvalue weighted by Crippen LogP contribution is -2.33. The van der Waals surface area contributed by atoms with Gasteiger partial charge in [-0.15, -0.1) is 0 Å². The molecule has 0 aliphatic rings. The zero-order valence-corrected chi connectivity index (χ0v) is 16.8. The van der Waals surface area contributed by atoms with Crippen LogP contribution in [-0.2, 0) is 4.79 Å². The lowest BCUT2D eigenvalue weighted by Gasteiger charge is -2.13. The highest BCUT2D eigenvalue weighted by atomic mass is 79.9. The fourth-order valence-corrected chi connectivity index (χ4v) is 2.88. The van der Waals surface area contributed by atoms with E-state index in [0.717, 1.165) is 15.6 Å². The molecular weight excluding hydrogens is 420 g/mol. The quantitative estimate of drug-likeness (QED) is 0.431. The van der Waals surface area contributed by atoms with Crippen molar-refractivity contribution in [1.82, 2.24) is 5.43 Å². The molecule has 1 atom stereocenters. The van der Waals surface area contributed by atoms with Gasteiger partial charge in [0.15, 0.2) is 6.10 Å². The van der Waals surface area contributed by atoms with Crippen molar-refractivity contribution in [2.45, 2.75) is 13.0 Å². The number of ether oxygens (including phenoxy) is 1. The van der Waals surface area contributed by atoms with E-state index in [2.05, 4.69) is 26.5 Å². The van der Waals surface area contributed by atoms with Crippen LogP contribution in [0.25, 0.3) is 11.1 Å². The van der Waals surface area contributed by atoms with Crippen molar-refractivity contribution in [3.8, 4) is 22.6 Å². The van der Waals surface area contributed by atoms with Crippen molar-refractivity contribution in [3.05, 3.63) is 82.8 Å². The van der Waals surface area contributed by atoms with Crippen LogP contribution in [-0.4, -0.2) is 23.3 Å². The molecule has 0 fully saturated rings. The molecule has 1 amide bonds. The van der Waals surface area contributed by atoms with E-state index in [1.807, 2.05) is 54.6 Å². The van der Waals surface area contributed by atoms with Crippen LogP contribution < -0.4 is 10.2 Å². The normalized spacial score (nSPS) is 11.9. The smallest absolute Gasteiger partial charge is 0.280 e. The number of carbonyl (C=O) groups is 1. The highest BCUT2D eigenvalue weighted by molar-refractivity contribution is 9.10. The van der Waals surface area contributed by atoms with Crippen LogP contribution in [0.3, 0.4) is 0 Å². The zero-order chi connectivity index (χ0) is 19.9. The maximum atomic E-state index is 12.2. The molecule has 0 saturated heterocycles. The predicted molar refractivity (Wildman–Crippen MR) is 114 cm³/mol. The largest absolute Gasteiger partial charge is 0.507 e. The summed E-state index contributed by atoms with van der Waals surface area (Å²) >= 11 is 3.32. The summed E-state index contributed by atoms with van der Waals surface area (Å²) in [6.07, 6.45) is 0.648. The van der Waals surface area contributed by atoms with E-state index in [4.69, 9.17) is 4.74 Å². The number of phenols is 1. The molecule has 0 spiro atoms. The summed E-state index contributed by atoms with van der Waals surface area (Å²) in [6, 6.07) is 22.5. The van der Waals surface area contributed by atoms with Crippen LogP contribution in [0.4, 0.5) is 0 Å². The highest BCUT2D eigenvalue weighted by Crippen LogP contribution is 2.23. The topological polar surface area (TPSA) is 70.9 Å². The minimum atomic E-state index is -0.726. The molecule has 3 aromatic carbocycles. The zero-order valence-electron chi connectivity index (χ0n) is 15.2. The molecular formula is C22H19BrN2O3. The van der Waals surface area contributed by atoms with Gasteiger partial charge in [0.2, 0.25) is 0 Å². The average Bonchev–Trinajstić information content (AvgIpc) is 2.71. The lowest BCUT2D eigenvalue weighted by molar-refractivity contribution is -0.127. The Bertz CT molecular complexity index is 973. The first-order valence-corrected chi connectivity index (χ1v) is 9.46. The van der Waals surface area contributed by atoms with Crippen LogP contribution >= 0.6 is 15.9 Å². The molecule has 0 radical (unpaired) electrons. The summed E-state index contributed by atoms with van der Waals surface area (Å²) in [5.41, 5.74) is 5.09. The first-order chi connectivity index (χ1) is 13.5. The van der Waals surface area contributed by atoms with Gasteiger partial charge in [-0.25, -0.2) is 5.43 Å². The third-order valence-electron chi connectivity index (χ3n) is 4.01. The number of rotatable bonds is 6. The number of benzene rings is 3. The summed E-state index contributed by atoms with van der Waals surface area (Å²) in [7, 11) is 0. The number of halogens is 1. The second kappa shape index (κ2) is 9.19. The van der Waals surface area contributed by atoms with Gasteiger partial charge in [0.05, 0.1) is 6.21 Å². The van der Waals surface area contributed by atoms with Gasteiger partial charge in [-0.3, -0.25) is 4.79 Å². The molecule has 3 rings (SSSR count). The molecule has 2 N–H and O–H groups in total. The Labute approximate surface area is 171 Å². The molecule has 0 saturated carbocycles. The Morgan fingerprint density at radius 1 is 1.07 bits per heavy atom. The number of nitrogens with zero attached hydrogens (tertiary/aromatic N) is 1. The SMILES string of the molecule is CC(Oc1ccc(-c2ccccc2)cc1)C(=O)N/N=C/c1cc(Br)ccc1O. The molecule has 0 aliphatic carbocycles. The summed E-state index contributed by atoms with van der Waals surface area (Å²) < 4.78 is 6.47. The molecule has 0 aromatic heterocycles. The van der Waals surface area contributed by atoms with Gasteiger partial charge >= 0.3 is 0 Å². The minimum Gasteiger partial charge on any atom is -0.507 e. The van der Waals surface area contributed by atoms with E-state index < -0.39 is 12.0 Å². The second-order valence-corrected chi connectivity index (χ2v) is 7.00. The van der Waals surface area contributed by atoms with Gasteiger partial charge in [0.1, 0.15) is 11.5 Å². The van der Waals surface area contributed by atoms with E-state index in [9.17, 15) is 9.90 Å². The number of hydrazone groups is 1. The minimum absolute atomic E-state index is 0.0732. The van der Waals surface area contributed by atoms with Crippen molar-refractivity contribution in [3.63, 3.8) is 0 Å². The number of phenolic OH excluding ortho intramolecular Hbond substituents is 1. The van der Waals surface area contributed by atoms with Crippen LogP contribution in [0.5, 0.6) is 11.5 Å². The predicted octanol–water partition coefficient (Wildman–Crippen LogP) is 4.74. The Hall–Kier alpha value is -3.12. The van der Waals surface area contributed by atoms with Gasteiger partial charge in [0, 0.05) is 10.0 Å². The number of nitrogens with one attached hydrogen (secondary N) is 1. The fourth-order valence-electron chi connectivity index (χ4n) is 2.50. The molecule has 28 heavy (non-hydrogen) atoms. The third kappa shape index (κ3) is 5.20. The van der Waals surface area contributed by atoms with Crippen LogP contribution in [0.1, 0.15) is 12.5 Å². The lowest BCUT2D eigenvalue weighted by atomic mass is 10.1. The number of hydrogen-bond acceptors (Lipinski definition) is 4. The number of amides is 1. The van der Waals surface area contributed by atoms with Gasteiger partial charge in [-0.05, 0) is 48.4 Å². The first-order valence-electron chi connectivity index (χ1n) is 8.66. The van der Waals surface area contributed by atoms with E-state index >= 15 is 0 Å². The monoisotopic (exact) mass is 438 g/mol. The van der Waals surface area contributed by atoms with Crippen LogP contribution in [0.15, 0.2) is 82.4 Å². The Morgan fingerprint density at radius 2 is 1.75 bits per heavy atom. The first kappa shape index (κ1) is 19.6. The van der Waals surface area contributed by atoms with Crippen molar-refractivity contribution < 1.29 is 14.6 Å². The summed E-state index contributed by atoms with van der Waals surface area (Å²) in [6.45, 7) is 1.65. The standard InChI is InChI=1S/C22H19BrN2O3/c1-15(22(27)25-24-14-18-13-19(23)9-12-21(18)26)28-20-10-7-17(8-11-20)16-5-3-2-4-6-16/h2-15,26H,1H3,(H,25,27)/b24-14+. The third-order valence-corrected chi connectivity index (χ3v) is 4.50. The van der Waals surface area contributed by atoms with E-state index in [1.54, 1.807) is 19.1 Å². The van der Waals surface area contributed by atoms with Crippen molar-refractivity contribution >= 4 is 28.1 Å². The van der Waals surface area contributed by atoms with Gasteiger partial charge in [-0.2, -0.15) is 5.10 Å². The molecule has 5 nitrogen and oxygen atoms in total. The molecule has 3 aromatic rings. The van der Waals surface area contributed by atoms with Gasteiger partial charge < -0.3 is 9.84 Å². The summed E-state index contributed by atoms with van der Waals surface area (Å²) in [5, 5.41) is 13.6. The van der Waals surface area contributed by atoms with E-state index in [0.29, 0.717) is 11.3 Å². The van der Waals surface area contributed by atoms with Gasteiger partial charge in [-0.1, -0.05) is 58.4 Å². The molecule has 0 bridgehead atoms. The Morgan fingerprint density at radius 3 is 2.46 bits per heavy atom. The van der Waals surface area contributed by atoms with Crippen molar-refractivity contribution in [1.29, 1.82) is 0 Å².